The van der Waals surface area contributed by atoms with Gasteiger partial charge in [-0.2, -0.15) is 0 Å². The van der Waals surface area contributed by atoms with Crippen molar-refractivity contribution in [2.24, 2.45) is 0 Å². The molecule has 1 aromatic heterocycles. The van der Waals surface area contributed by atoms with Crippen LogP contribution in [0.1, 0.15) is 30.5 Å². The summed E-state index contributed by atoms with van der Waals surface area (Å²) in [6, 6.07) is 2.85. The highest BCUT2D eigenvalue weighted by Gasteiger charge is 2.34. The SMILES string of the molecule is O=C(NCC1CCN1C1CCOCC1)Nc1cnc2c(c1)COCC2. The van der Waals surface area contributed by atoms with E-state index in [-0.39, 0.29) is 6.03 Å². The maximum absolute atomic E-state index is 12.2. The van der Waals surface area contributed by atoms with Crippen molar-refractivity contribution in [2.45, 2.75) is 44.4 Å². The highest BCUT2D eigenvalue weighted by molar-refractivity contribution is 5.89. The Morgan fingerprint density at radius 3 is 2.92 bits per heavy atom. The molecule has 3 aliphatic rings. The number of aromatic nitrogens is 1. The minimum atomic E-state index is -0.169. The second kappa shape index (κ2) is 7.68. The van der Waals surface area contributed by atoms with Crippen LogP contribution in [-0.2, 0) is 22.5 Å². The number of anilines is 1. The first-order chi connectivity index (χ1) is 12.3. The van der Waals surface area contributed by atoms with E-state index in [0.29, 0.717) is 25.2 Å². The number of pyridine rings is 1. The van der Waals surface area contributed by atoms with E-state index in [1.807, 2.05) is 6.07 Å². The highest BCUT2D eigenvalue weighted by Crippen LogP contribution is 2.25. The maximum Gasteiger partial charge on any atom is 0.319 e. The number of hydrogen-bond donors (Lipinski definition) is 2. The number of hydrogen-bond acceptors (Lipinski definition) is 5. The Hall–Kier alpha value is -1.70. The Labute approximate surface area is 148 Å². The van der Waals surface area contributed by atoms with Crippen LogP contribution in [0.3, 0.4) is 0 Å². The minimum Gasteiger partial charge on any atom is -0.381 e. The largest absolute Gasteiger partial charge is 0.381 e. The van der Waals surface area contributed by atoms with Gasteiger partial charge in [-0.1, -0.05) is 0 Å². The molecule has 2 fully saturated rings. The monoisotopic (exact) mass is 346 g/mol. The van der Waals surface area contributed by atoms with Crippen LogP contribution >= 0.6 is 0 Å². The average Bonchev–Trinajstić information content (AvgIpc) is 2.62. The summed E-state index contributed by atoms with van der Waals surface area (Å²) in [6.07, 6.45) is 5.92. The van der Waals surface area contributed by atoms with E-state index < -0.39 is 0 Å². The molecule has 136 valence electrons. The van der Waals surface area contributed by atoms with Crippen molar-refractivity contribution < 1.29 is 14.3 Å². The fraction of sp³-hybridized carbons (Fsp3) is 0.667. The quantitative estimate of drug-likeness (QED) is 0.865. The second-order valence-electron chi connectivity index (χ2n) is 6.99. The number of fused-ring (bicyclic) bond motifs is 1. The van der Waals surface area contributed by atoms with Crippen LogP contribution in [0.25, 0.3) is 0 Å². The molecule has 1 atom stereocenters. The van der Waals surface area contributed by atoms with Crippen LogP contribution in [0, 0.1) is 0 Å². The molecule has 1 aromatic rings. The molecule has 7 heteroatoms. The van der Waals surface area contributed by atoms with Crippen LogP contribution in [-0.4, -0.2) is 60.9 Å². The van der Waals surface area contributed by atoms with E-state index in [1.54, 1.807) is 6.20 Å². The molecule has 2 amide bonds. The van der Waals surface area contributed by atoms with E-state index >= 15 is 0 Å². The zero-order valence-corrected chi connectivity index (χ0v) is 14.5. The van der Waals surface area contributed by atoms with E-state index in [2.05, 4.69) is 20.5 Å². The molecule has 25 heavy (non-hydrogen) atoms. The number of carbonyl (C=O) groups is 1. The molecule has 0 spiro atoms. The molecule has 1 unspecified atom stereocenters. The summed E-state index contributed by atoms with van der Waals surface area (Å²) in [5.41, 5.74) is 2.85. The van der Waals surface area contributed by atoms with Gasteiger partial charge < -0.3 is 20.1 Å². The molecular weight excluding hydrogens is 320 g/mol. The van der Waals surface area contributed by atoms with Gasteiger partial charge in [-0.05, 0) is 25.3 Å². The van der Waals surface area contributed by atoms with Crippen LogP contribution in [0.5, 0.6) is 0 Å². The third-order valence-corrected chi connectivity index (χ3v) is 5.41. The number of nitrogens with one attached hydrogen (secondary N) is 2. The molecule has 4 heterocycles. The third kappa shape index (κ3) is 3.94. The molecule has 2 N–H and O–H groups in total. The van der Waals surface area contributed by atoms with E-state index in [1.165, 1.54) is 0 Å². The van der Waals surface area contributed by atoms with Crippen molar-refractivity contribution in [3.63, 3.8) is 0 Å². The molecule has 0 aromatic carbocycles. The Kier molecular flexibility index (Phi) is 5.14. The maximum atomic E-state index is 12.2. The van der Waals surface area contributed by atoms with Gasteiger partial charge in [0, 0.05) is 56.1 Å². The lowest BCUT2D eigenvalue weighted by Gasteiger charge is -2.47. The molecule has 2 saturated heterocycles. The van der Waals surface area contributed by atoms with Crippen LogP contribution in [0.4, 0.5) is 10.5 Å². The Bertz CT molecular complexity index is 618. The van der Waals surface area contributed by atoms with Crippen molar-refractivity contribution in [1.29, 1.82) is 0 Å². The standard InChI is InChI=1S/C18H26N4O3/c23-18(21-14-9-13-12-25-8-4-17(13)19-10-14)20-11-16-1-5-22(16)15-2-6-24-7-3-15/h9-10,15-16H,1-8,11-12H2,(H2,20,21,23). The molecule has 0 saturated carbocycles. The van der Waals surface area contributed by atoms with Gasteiger partial charge in [0.15, 0.2) is 0 Å². The lowest BCUT2D eigenvalue weighted by Crippen LogP contribution is -2.58. The molecular formula is C18H26N4O3. The Morgan fingerprint density at radius 2 is 2.12 bits per heavy atom. The van der Waals surface area contributed by atoms with Gasteiger partial charge in [0.25, 0.3) is 0 Å². The molecule has 0 bridgehead atoms. The summed E-state index contributed by atoms with van der Waals surface area (Å²) in [7, 11) is 0. The van der Waals surface area contributed by atoms with Gasteiger partial charge in [-0.3, -0.25) is 9.88 Å². The van der Waals surface area contributed by atoms with Gasteiger partial charge in [-0.25, -0.2) is 4.79 Å². The predicted octanol–water partition coefficient (Wildman–Crippen LogP) is 1.53. The molecule has 0 radical (unpaired) electrons. The zero-order chi connectivity index (χ0) is 17.1. The number of likely N-dealkylation sites (tertiary alicyclic amines) is 1. The van der Waals surface area contributed by atoms with Crippen molar-refractivity contribution in [3.05, 3.63) is 23.5 Å². The van der Waals surface area contributed by atoms with Crippen molar-refractivity contribution in [2.75, 3.05) is 38.2 Å². The fourth-order valence-corrected chi connectivity index (χ4v) is 3.87. The van der Waals surface area contributed by atoms with Gasteiger partial charge in [0.2, 0.25) is 0 Å². The summed E-state index contributed by atoms with van der Waals surface area (Å²) < 4.78 is 10.9. The van der Waals surface area contributed by atoms with E-state index in [9.17, 15) is 4.79 Å². The predicted molar refractivity (Wildman–Crippen MR) is 93.6 cm³/mol. The number of ether oxygens (including phenoxy) is 2. The highest BCUT2D eigenvalue weighted by atomic mass is 16.5. The second-order valence-corrected chi connectivity index (χ2v) is 6.99. The number of amides is 2. The first kappa shape index (κ1) is 16.8. The first-order valence-electron chi connectivity index (χ1n) is 9.23. The minimum absolute atomic E-state index is 0.169. The number of nitrogens with zero attached hydrogens (tertiary/aromatic N) is 2. The van der Waals surface area contributed by atoms with Crippen LogP contribution in [0.2, 0.25) is 0 Å². The average molecular weight is 346 g/mol. The third-order valence-electron chi connectivity index (χ3n) is 5.41. The van der Waals surface area contributed by atoms with Gasteiger partial charge >= 0.3 is 6.03 Å². The lowest BCUT2D eigenvalue weighted by atomic mass is 9.95. The topological polar surface area (TPSA) is 75.7 Å². The zero-order valence-electron chi connectivity index (χ0n) is 14.5. The molecule has 7 nitrogen and oxygen atoms in total. The van der Waals surface area contributed by atoms with E-state index in [4.69, 9.17) is 9.47 Å². The number of rotatable bonds is 4. The molecule has 0 aliphatic carbocycles. The Balaban J connectivity index is 1.25. The van der Waals surface area contributed by atoms with Crippen molar-refractivity contribution >= 4 is 11.7 Å². The number of carbonyl (C=O) groups excluding carboxylic acids is 1. The molecule has 4 rings (SSSR count). The number of urea groups is 1. The van der Waals surface area contributed by atoms with Crippen LogP contribution < -0.4 is 10.6 Å². The van der Waals surface area contributed by atoms with Gasteiger partial charge in [0.1, 0.15) is 0 Å². The summed E-state index contributed by atoms with van der Waals surface area (Å²) in [5, 5.41) is 5.88. The first-order valence-corrected chi connectivity index (χ1v) is 9.23. The Morgan fingerprint density at radius 1 is 1.24 bits per heavy atom. The summed E-state index contributed by atoms with van der Waals surface area (Å²) in [6.45, 7) is 4.83. The van der Waals surface area contributed by atoms with Crippen LogP contribution in [0.15, 0.2) is 12.3 Å². The van der Waals surface area contributed by atoms with Crippen molar-refractivity contribution in [3.8, 4) is 0 Å². The summed E-state index contributed by atoms with van der Waals surface area (Å²) in [4.78, 5) is 19.1. The lowest BCUT2D eigenvalue weighted by molar-refractivity contribution is -0.0217. The summed E-state index contributed by atoms with van der Waals surface area (Å²) >= 11 is 0. The fourth-order valence-electron chi connectivity index (χ4n) is 3.87. The smallest absolute Gasteiger partial charge is 0.319 e. The van der Waals surface area contributed by atoms with Crippen molar-refractivity contribution in [1.82, 2.24) is 15.2 Å². The van der Waals surface area contributed by atoms with Gasteiger partial charge in [0.05, 0.1) is 25.1 Å². The normalized spacial score (nSPS) is 24.2. The molecule has 3 aliphatic heterocycles. The van der Waals surface area contributed by atoms with Gasteiger partial charge in [-0.15, -0.1) is 0 Å². The summed E-state index contributed by atoms with van der Waals surface area (Å²) in [5.74, 6) is 0. The van der Waals surface area contributed by atoms with E-state index in [0.717, 1.165) is 69.0 Å².